The summed E-state index contributed by atoms with van der Waals surface area (Å²) < 4.78 is 26.4. The van der Waals surface area contributed by atoms with Crippen molar-refractivity contribution in [2.24, 2.45) is 5.92 Å². The first kappa shape index (κ1) is 15.9. The second-order valence-corrected chi connectivity index (χ2v) is 5.88. The van der Waals surface area contributed by atoms with Crippen LogP contribution in [0.5, 0.6) is 0 Å². The normalized spacial score (nSPS) is 15.3. The van der Waals surface area contributed by atoms with Crippen LogP contribution in [0, 0.1) is 17.6 Å². The zero-order valence-corrected chi connectivity index (χ0v) is 12.3. The van der Waals surface area contributed by atoms with Crippen molar-refractivity contribution in [3.8, 4) is 0 Å². The molecule has 1 aromatic rings. The van der Waals surface area contributed by atoms with Gasteiger partial charge in [0.15, 0.2) is 0 Å². The number of nitrogens with one attached hydrogen (secondary N) is 1. The van der Waals surface area contributed by atoms with E-state index in [0.29, 0.717) is 6.54 Å². The number of carbonyl (C=O) groups excluding carboxylic acids is 1. The van der Waals surface area contributed by atoms with E-state index in [1.165, 1.54) is 32.1 Å². The highest BCUT2D eigenvalue weighted by atomic mass is 19.1. The molecule has 1 N–H and O–H groups in total. The van der Waals surface area contributed by atoms with Gasteiger partial charge >= 0.3 is 0 Å². The molecule has 116 valence electrons. The Balaban J connectivity index is 1.61. The molecule has 1 aromatic carbocycles. The number of rotatable bonds is 7. The van der Waals surface area contributed by atoms with Crippen molar-refractivity contribution in [2.75, 3.05) is 6.54 Å². The maximum Gasteiger partial charge on any atom is 0.220 e. The lowest BCUT2D eigenvalue weighted by atomic mass is 10.0. The van der Waals surface area contributed by atoms with Crippen molar-refractivity contribution in [2.45, 2.75) is 51.4 Å². The van der Waals surface area contributed by atoms with Crippen LogP contribution in [0.1, 0.15) is 50.5 Å². The summed E-state index contributed by atoms with van der Waals surface area (Å²) in [6, 6.07) is 3.34. The number of hydrogen-bond donors (Lipinski definition) is 1. The highest BCUT2D eigenvalue weighted by Gasteiger charge is 2.14. The minimum Gasteiger partial charge on any atom is -0.356 e. The van der Waals surface area contributed by atoms with Crippen LogP contribution in [0.4, 0.5) is 8.78 Å². The van der Waals surface area contributed by atoms with Gasteiger partial charge in [-0.25, -0.2) is 8.78 Å². The van der Waals surface area contributed by atoms with Gasteiger partial charge < -0.3 is 5.32 Å². The summed E-state index contributed by atoms with van der Waals surface area (Å²) in [7, 11) is 0. The number of amides is 1. The Kier molecular flexibility index (Phi) is 6.15. The van der Waals surface area contributed by atoms with Crippen LogP contribution in [0.25, 0.3) is 0 Å². The predicted octanol–water partition coefficient (Wildman–Crippen LogP) is 3.98. The fourth-order valence-corrected chi connectivity index (χ4v) is 2.99. The fraction of sp³-hybridized carbons (Fsp3) is 0.588. The Morgan fingerprint density at radius 3 is 2.76 bits per heavy atom. The third-order valence-electron chi connectivity index (χ3n) is 4.22. The number of aryl methyl sites for hydroxylation is 1. The average Bonchev–Trinajstić information content (AvgIpc) is 2.98. The molecular formula is C17H23F2NO. The molecule has 0 aliphatic heterocycles. The van der Waals surface area contributed by atoms with Gasteiger partial charge in [0.1, 0.15) is 11.6 Å². The summed E-state index contributed by atoms with van der Waals surface area (Å²) >= 11 is 0. The second-order valence-electron chi connectivity index (χ2n) is 5.88. The molecule has 0 bridgehead atoms. The van der Waals surface area contributed by atoms with Crippen LogP contribution in [-0.4, -0.2) is 12.5 Å². The lowest BCUT2D eigenvalue weighted by Crippen LogP contribution is -2.25. The van der Waals surface area contributed by atoms with Gasteiger partial charge in [0.2, 0.25) is 5.91 Å². The van der Waals surface area contributed by atoms with E-state index in [1.807, 2.05) is 0 Å². The topological polar surface area (TPSA) is 29.1 Å². The molecule has 1 aliphatic rings. The van der Waals surface area contributed by atoms with Gasteiger partial charge in [0.05, 0.1) is 0 Å². The summed E-state index contributed by atoms with van der Waals surface area (Å²) in [5.41, 5.74) is 0.260. The molecule has 0 aromatic heterocycles. The molecule has 1 saturated carbocycles. The smallest absolute Gasteiger partial charge is 0.220 e. The minimum atomic E-state index is -0.469. The quantitative estimate of drug-likeness (QED) is 0.757. The highest BCUT2D eigenvalue weighted by molar-refractivity contribution is 5.76. The Bertz CT molecular complexity index is 470. The summed E-state index contributed by atoms with van der Waals surface area (Å²) in [4.78, 5) is 11.7. The molecule has 0 spiro atoms. The first-order valence-corrected chi connectivity index (χ1v) is 7.86. The van der Waals surface area contributed by atoms with E-state index in [9.17, 15) is 13.6 Å². The van der Waals surface area contributed by atoms with Crippen LogP contribution in [0.2, 0.25) is 0 Å². The molecule has 0 unspecified atom stereocenters. The third kappa shape index (κ3) is 5.44. The predicted molar refractivity (Wildman–Crippen MR) is 78.9 cm³/mol. The van der Waals surface area contributed by atoms with E-state index >= 15 is 0 Å². The zero-order valence-electron chi connectivity index (χ0n) is 12.3. The van der Waals surface area contributed by atoms with Gasteiger partial charge in [-0.15, -0.1) is 0 Å². The Hall–Kier alpha value is -1.45. The van der Waals surface area contributed by atoms with Gasteiger partial charge in [-0.3, -0.25) is 4.79 Å². The van der Waals surface area contributed by atoms with Gasteiger partial charge in [-0.05, 0) is 48.9 Å². The first-order valence-electron chi connectivity index (χ1n) is 7.86. The number of hydrogen-bond acceptors (Lipinski definition) is 1. The summed E-state index contributed by atoms with van der Waals surface area (Å²) in [5, 5.41) is 2.86. The van der Waals surface area contributed by atoms with Crippen molar-refractivity contribution in [1.29, 1.82) is 0 Å². The Morgan fingerprint density at radius 2 is 2.00 bits per heavy atom. The highest BCUT2D eigenvalue weighted by Crippen LogP contribution is 2.28. The van der Waals surface area contributed by atoms with Crippen LogP contribution in [0.15, 0.2) is 18.2 Å². The molecular weight excluding hydrogens is 272 g/mol. The molecule has 1 fully saturated rings. The minimum absolute atomic E-state index is 0.0925. The monoisotopic (exact) mass is 295 g/mol. The summed E-state index contributed by atoms with van der Waals surface area (Å²) in [6.07, 6.45) is 7.96. The van der Waals surface area contributed by atoms with Gasteiger partial charge in [0, 0.05) is 13.0 Å². The fourth-order valence-electron chi connectivity index (χ4n) is 2.99. The summed E-state index contributed by atoms with van der Waals surface area (Å²) in [6.45, 7) is 0.682. The zero-order chi connectivity index (χ0) is 15.1. The van der Waals surface area contributed by atoms with Crippen molar-refractivity contribution in [1.82, 2.24) is 5.32 Å². The molecule has 0 atom stereocenters. The lowest BCUT2D eigenvalue weighted by molar-refractivity contribution is -0.121. The molecule has 0 heterocycles. The Morgan fingerprint density at radius 1 is 1.24 bits per heavy atom. The van der Waals surface area contributed by atoms with Crippen LogP contribution in [0.3, 0.4) is 0 Å². The third-order valence-corrected chi connectivity index (χ3v) is 4.22. The van der Waals surface area contributed by atoms with E-state index < -0.39 is 11.6 Å². The van der Waals surface area contributed by atoms with E-state index in [0.717, 1.165) is 30.5 Å². The molecule has 4 heteroatoms. The number of benzene rings is 1. The molecule has 1 amide bonds. The number of carbonyl (C=O) groups is 1. The summed E-state index contributed by atoms with van der Waals surface area (Å²) in [5.74, 6) is -0.179. The van der Waals surface area contributed by atoms with Crippen molar-refractivity contribution >= 4 is 5.91 Å². The van der Waals surface area contributed by atoms with Gasteiger partial charge in [-0.1, -0.05) is 25.7 Å². The molecule has 21 heavy (non-hydrogen) atoms. The van der Waals surface area contributed by atoms with Crippen LogP contribution < -0.4 is 5.32 Å². The first-order chi connectivity index (χ1) is 10.1. The molecule has 1 aliphatic carbocycles. The molecule has 0 radical (unpaired) electrons. The maximum atomic E-state index is 13.4. The number of halogens is 2. The van der Waals surface area contributed by atoms with Crippen molar-refractivity contribution in [3.05, 3.63) is 35.4 Å². The largest absolute Gasteiger partial charge is 0.356 e. The maximum absolute atomic E-state index is 13.4. The van der Waals surface area contributed by atoms with E-state index in [-0.39, 0.29) is 24.3 Å². The van der Waals surface area contributed by atoms with Crippen molar-refractivity contribution < 1.29 is 13.6 Å². The van der Waals surface area contributed by atoms with Crippen molar-refractivity contribution in [3.63, 3.8) is 0 Å². The van der Waals surface area contributed by atoms with Crippen LogP contribution >= 0.6 is 0 Å². The van der Waals surface area contributed by atoms with E-state index in [2.05, 4.69) is 5.32 Å². The lowest BCUT2D eigenvalue weighted by Gasteiger charge is -2.09. The molecule has 2 nitrogen and oxygen atoms in total. The van der Waals surface area contributed by atoms with E-state index in [4.69, 9.17) is 0 Å². The van der Waals surface area contributed by atoms with Gasteiger partial charge in [-0.2, -0.15) is 0 Å². The standard InChI is InChI=1S/C17H23F2NO/c18-15-8-9-16(19)14(12-15)7-10-17(21)20-11-3-6-13-4-1-2-5-13/h8-9,12-13H,1-7,10-11H2,(H,20,21). The van der Waals surface area contributed by atoms with Gasteiger partial charge in [0.25, 0.3) is 0 Å². The SMILES string of the molecule is O=C(CCc1cc(F)ccc1F)NCCCC1CCCC1. The second kappa shape index (κ2) is 8.11. The Labute approximate surface area is 124 Å². The average molecular weight is 295 g/mol. The molecule has 2 rings (SSSR count). The molecule has 0 saturated heterocycles. The van der Waals surface area contributed by atoms with Crippen LogP contribution in [-0.2, 0) is 11.2 Å². The van der Waals surface area contributed by atoms with E-state index in [1.54, 1.807) is 0 Å².